The van der Waals surface area contributed by atoms with Crippen LogP contribution in [0.2, 0.25) is 0 Å². The first-order valence-electron chi connectivity index (χ1n) is 10.6. The highest BCUT2D eigenvalue weighted by Gasteiger charge is 2.25. The Balaban J connectivity index is 1.50. The average Bonchev–Trinajstić information content (AvgIpc) is 3.08. The van der Waals surface area contributed by atoms with E-state index < -0.39 is 0 Å². The van der Waals surface area contributed by atoms with Crippen LogP contribution < -0.4 is 9.64 Å². The van der Waals surface area contributed by atoms with Crippen LogP contribution in [0, 0.1) is 5.82 Å². The molecule has 0 spiro atoms. The molecule has 0 N–H and O–H groups in total. The summed E-state index contributed by atoms with van der Waals surface area (Å²) in [6.07, 6.45) is 3.19. The molecular weight excluding hydrogens is 395 g/mol. The lowest BCUT2D eigenvalue weighted by Crippen LogP contribution is -2.35. The molecule has 1 amide bonds. The Morgan fingerprint density at radius 1 is 1.00 bits per heavy atom. The first-order valence-corrected chi connectivity index (χ1v) is 10.6. The van der Waals surface area contributed by atoms with Gasteiger partial charge in [0, 0.05) is 31.9 Å². The quantitative estimate of drug-likeness (QED) is 0.625. The number of anilines is 1. The molecule has 1 aromatic heterocycles. The average molecular weight is 423 g/mol. The molecule has 4 rings (SSSR count). The highest BCUT2D eigenvalue weighted by molar-refractivity contribution is 5.95. The van der Waals surface area contributed by atoms with Crippen molar-refractivity contribution in [1.29, 1.82) is 0 Å². The molecule has 0 atom stereocenters. The van der Waals surface area contributed by atoms with Crippen molar-refractivity contribution in [2.45, 2.75) is 19.8 Å². The lowest BCUT2D eigenvalue weighted by atomic mass is 10.1. The number of aromatic nitrogens is 2. The standard InChI is InChI=1S/C24H27FN4O2/c1-3-23-22(17-26-29(23)20-7-5-18(25)6-8-20)24(30)28-14-4-13-27(15-16-28)19-9-11-21(31-2)12-10-19/h5-12,17H,3-4,13-16H2,1-2H3. The van der Waals surface area contributed by atoms with Crippen molar-refractivity contribution in [2.75, 3.05) is 38.2 Å². The maximum absolute atomic E-state index is 13.3. The summed E-state index contributed by atoms with van der Waals surface area (Å²) in [6, 6.07) is 14.2. The molecule has 31 heavy (non-hydrogen) atoms. The molecule has 1 aliphatic heterocycles. The lowest BCUT2D eigenvalue weighted by molar-refractivity contribution is 0.0766. The molecule has 1 aliphatic rings. The summed E-state index contributed by atoms with van der Waals surface area (Å²) in [5.41, 5.74) is 3.34. The highest BCUT2D eigenvalue weighted by Crippen LogP contribution is 2.22. The van der Waals surface area contributed by atoms with E-state index >= 15 is 0 Å². The Morgan fingerprint density at radius 2 is 1.71 bits per heavy atom. The Kier molecular flexibility index (Phi) is 6.21. The minimum atomic E-state index is -0.295. The van der Waals surface area contributed by atoms with Gasteiger partial charge >= 0.3 is 0 Å². The summed E-state index contributed by atoms with van der Waals surface area (Å²) in [7, 11) is 1.66. The van der Waals surface area contributed by atoms with Gasteiger partial charge in [-0.3, -0.25) is 4.79 Å². The lowest BCUT2D eigenvalue weighted by Gasteiger charge is -2.24. The number of carbonyl (C=O) groups excluding carboxylic acids is 1. The van der Waals surface area contributed by atoms with E-state index in [-0.39, 0.29) is 11.7 Å². The van der Waals surface area contributed by atoms with Crippen molar-refractivity contribution >= 4 is 11.6 Å². The van der Waals surface area contributed by atoms with Crippen LogP contribution in [-0.4, -0.2) is 53.9 Å². The van der Waals surface area contributed by atoms with Crippen LogP contribution in [0.15, 0.2) is 54.7 Å². The highest BCUT2D eigenvalue weighted by atomic mass is 19.1. The number of amides is 1. The van der Waals surface area contributed by atoms with Crippen LogP contribution in [0.4, 0.5) is 10.1 Å². The van der Waals surface area contributed by atoms with Gasteiger partial charge in [-0.05, 0) is 61.4 Å². The maximum atomic E-state index is 13.3. The molecule has 0 bridgehead atoms. The molecule has 2 heterocycles. The Bertz CT molecular complexity index is 1030. The van der Waals surface area contributed by atoms with Crippen LogP contribution in [0.25, 0.3) is 5.69 Å². The fourth-order valence-electron chi connectivity index (χ4n) is 4.04. The Hall–Kier alpha value is -3.35. The zero-order valence-corrected chi connectivity index (χ0v) is 17.9. The van der Waals surface area contributed by atoms with Gasteiger partial charge in [-0.25, -0.2) is 9.07 Å². The second-order valence-electron chi connectivity index (χ2n) is 7.58. The van der Waals surface area contributed by atoms with Gasteiger partial charge in [0.15, 0.2) is 0 Å². The molecule has 7 heteroatoms. The molecule has 3 aromatic rings. The van der Waals surface area contributed by atoms with Gasteiger partial charge in [0.25, 0.3) is 5.91 Å². The zero-order chi connectivity index (χ0) is 21.8. The van der Waals surface area contributed by atoms with Gasteiger partial charge in [-0.15, -0.1) is 0 Å². The number of nitrogens with zero attached hydrogens (tertiary/aromatic N) is 4. The molecule has 0 saturated carbocycles. The SMILES string of the molecule is CCc1c(C(=O)N2CCCN(c3ccc(OC)cc3)CC2)cnn1-c1ccc(F)cc1. The number of halogens is 1. The summed E-state index contributed by atoms with van der Waals surface area (Å²) >= 11 is 0. The second kappa shape index (κ2) is 9.20. The van der Waals surface area contributed by atoms with E-state index in [1.807, 2.05) is 24.0 Å². The summed E-state index contributed by atoms with van der Waals surface area (Å²) in [6.45, 7) is 5.02. The Labute approximate surface area is 181 Å². The van der Waals surface area contributed by atoms with E-state index in [4.69, 9.17) is 4.74 Å². The van der Waals surface area contributed by atoms with Crippen molar-refractivity contribution in [3.8, 4) is 11.4 Å². The fraction of sp³-hybridized carbons (Fsp3) is 0.333. The van der Waals surface area contributed by atoms with Crippen LogP contribution in [0.1, 0.15) is 29.4 Å². The fourth-order valence-corrected chi connectivity index (χ4v) is 4.04. The minimum absolute atomic E-state index is 0.00166. The largest absolute Gasteiger partial charge is 0.497 e. The maximum Gasteiger partial charge on any atom is 0.257 e. The van der Waals surface area contributed by atoms with Crippen molar-refractivity contribution in [2.24, 2.45) is 0 Å². The zero-order valence-electron chi connectivity index (χ0n) is 17.9. The predicted molar refractivity (Wildman–Crippen MR) is 119 cm³/mol. The van der Waals surface area contributed by atoms with Gasteiger partial charge in [-0.1, -0.05) is 6.92 Å². The number of methoxy groups -OCH3 is 1. The third-order valence-electron chi connectivity index (χ3n) is 5.73. The summed E-state index contributed by atoms with van der Waals surface area (Å²) in [5.74, 6) is 0.540. The van der Waals surface area contributed by atoms with E-state index in [2.05, 4.69) is 22.1 Å². The van der Waals surface area contributed by atoms with Crippen LogP contribution in [-0.2, 0) is 6.42 Å². The molecule has 1 fully saturated rings. The number of hydrogen-bond donors (Lipinski definition) is 0. The molecule has 0 aliphatic carbocycles. The number of ether oxygens (including phenoxy) is 1. The number of hydrogen-bond acceptors (Lipinski definition) is 4. The van der Waals surface area contributed by atoms with Gasteiger partial charge in [0.1, 0.15) is 11.6 Å². The van der Waals surface area contributed by atoms with E-state index in [0.29, 0.717) is 25.1 Å². The summed E-state index contributed by atoms with van der Waals surface area (Å²) in [5, 5.41) is 4.43. The van der Waals surface area contributed by atoms with E-state index in [9.17, 15) is 9.18 Å². The molecule has 6 nitrogen and oxygen atoms in total. The Morgan fingerprint density at radius 3 is 2.39 bits per heavy atom. The third-order valence-corrected chi connectivity index (χ3v) is 5.73. The number of carbonyl (C=O) groups is 1. The van der Waals surface area contributed by atoms with Crippen molar-refractivity contribution in [3.05, 3.63) is 71.8 Å². The van der Waals surface area contributed by atoms with Crippen molar-refractivity contribution in [3.63, 3.8) is 0 Å². The first-order chi connectivity index (χ1) is 15.1. The van der Waals surface area contributed by atoms with E-state index in [1.54, 1.807) is 30.1 Å². The molecule has 0 radical (unpaired) electrons. The van der Waals surface area contributed by atoms with Crippen LogP contribution in [0.5, 0.6) is 5.75 Å². The van der Waals surface area contributed by atoms with Gasteiger partial charge in [0.05, 0.1) is 30.3 Å². The first kappa shape index (κ1) is 20.9. The monoisotopic (exact) mass is 422 g/mol. The van der Waals surface area contributed by atoms with Crippen molar-refractivity contribution < 1.29 is 13.9 Å². The number of rotatable bonds is 5. The van der Waals surface area contributed by atoms with Gasteiger partial charge in [0.2, 0.25) is 0 Å². The topological polar surface area (TPSA) is 50.6 Å². The molecule has 162 valence electrons. The third kappa shape index (κ3) is 4.40. The van der Waals surface area contributed by atoms with Gasteiger partial charge in [-0.2, -0.15) is 5.10 Å². The predicted octanol–water partition coefficient (Wildman–Crippen LogP) is 3.93. The van der Waals surface area contributed by atoms with Crippen molar-refractivity contribution in [1.82, 2.24) is 14.7 Å². The molecular formula is C24H27FN4O2. The van der Waals surface area contributed by atoms with Crippen LogP contribution in [0.3, 0.4) is 0 Å². The smallest absolute Gasteiger partial charge is 0.257 e. The van der Waals surface area contributed by atoms with Crippen LogP contribution >= 0.6 is 0 Å². The molecule has 1 saturated heterocycles. The normalized spacial score (nSPS) is 14.4. The minimum Gasteiger partial charge on any atom is -0.497 e. The second-order valence-corrected chi connectivity index (χ2v) is 7.58. The molecule has 2 aromatic carbocycles. The van der Waals surface area contributed by atoms with E-state index in [1.165, 1.54) is 12.1 Å². The van der Waals surface area contributed by atoms with E-state index in [0.717, 1.165) is 42.3 Å². The number of benzene rings is 2. The van der Waals surface area contributed by atoms with Gasteiger partial charge < -0.3 is 14.5 Å². The summed E-state index contributed by atoms with van der Waals surface area (Å²) < 4.78 is 20.3. The summed E-state index contributed by atoms with van der Waals surface area (Å²) in [4.78, 5) is 17.5. The molecule has 0 unspecified atom stereocenters.